The molecule has 2 aromatic carbocycles. The highest BCUT2D eigenvalue weighted by atomic mass is 16.1. The molecule has 0 N–H and O–H groups in total. The van der Waals surface area contributed by atoms with Gasteiger partial charge in [0.05, 0.1) is 0 Å². The first-order valence-corrected chi connectivity index (χ1v) is 7.53. The third kappa shape index (κ3) is 1.81. The molecular formula is C19H18O. The molecule has 0 spiro atoms. The maximum Gasteiger partial charge on any atom is 0.166 e. The summed E-state index contributed by atoms with van der Waals surface area (Å²) in [4.78, 5) is 12.6. The van der Waals surface area contributed by atoms with E-state index in [-0.39, 0.29) is 5.92 Å². The van der Waals surface area contributed by atoms with Gasteiger partial charge in [0.2, 0.25) is 0 Å². The van der Waals surface area contributed by atoms with E-state index in [9.17, 15) is 4.79 Å². The molecule has 2 aliphatic carbocycles. The van der Waals surface area contributed by atoms with Crippen molar-refractivity contribution in [3.8, 4) is 0 Å². The predicted octanol–water partition coefficient (Wildman–Crippen LogP) is 4.16. The fraction of sp³-hybridized carbons (Fsp3) is 0.316. The van der Waals surface area contributed by atoms with Gasteiger partial charge in [0.15, 0.2) is 5.78 Å². The summed E-state index contributed by atoms with van der Waals surface area (Å²) < 4.78 is 0. The van der Waals surface area contributed by atoms with Crippen LogP contribution in [-0.2, 0) is 12.8 Å². The lowest BCUT2D eigenvalue weighted by Gasteiger charge is -2.34. The quantitative estimate of drug-likeness (QED) is 0.794. The largest absolute Gasteiger partial charge is 0.294 e. The van der Waals surface area contributed by atoms with Crippen LogP contribution in [0.3, 0.4) is 0 Å². The molecule has 0 saturated heterocycles. The molecule has 0 radical (unpaired) electrons. The third-order valence-electron chi connectivity index (χ3n) is 4.95. The molecule has 0 saturated carbocycles. The molecule has 0 aliphatic heterocycles. The van der Waals surface area contributed by atoms with Crippen molar-refractivity contribution in [2.45, 2.75) is 31.6 Å². The third-order valence-corrected chi connectivity index (χ3v) is 4.95. The van der Waals surface area contributed by atoms with Gasteiger partial charge in [0.1, 0.15) is 0 Å². The van der Waals surface area contributed by atoms with Crippen molar-refractivity contribution in [2.75, 3.05) is 0 Å². The van der Waals surface area contributed by atoms with Crippen molar-refractivity contribution in [1.29, 1.82) is 0 Å². The number of fused-ring (bicyclic) bond motifs is 2. The van der Waals surface area contributed by atoms with Crippen LogP contribution in [0.1, 0.15) is 45.8 Å². The zero-order valence-corrected chi connectivity index (χ0v) is 11.5. The zero-order valence-electron chi connectivity index (χ0n) is 11.5. The summed E-state index contributed by atoms with van der Waals surface area (Å²) in [6.07, 6.45) is 4.27. The van der Waals surface area contributed by atoms with Crippen molar-refractivity contribution in [1.82, 2.24) is 0 Å². The normalized spacial score (nSPS) is 23.7. The van der Waals surface area contributed by atoms with Crippen molar-refractivity contribution in [2.24, 2.45) is 5.92 Å². The van der Waals surface area contributed by atoms with Crippen LogP contribution >= 0.6 is 0 Å². The molecule has 0 aromatic heterocycles. The highest BCUT2D eigenvalue weighted by molar-refractivity contribution is 6.00. The lowest BCUT2D eigenvalue weighted by Crippen LogP contribution is -2.27. The first-order valence-electron chi connectivity index (χ1n) is 7.53. The van der Waals surface area contributed by atoms with Crippen molar-refractivity contribution in [3.05, 3.63) is 70.8 Å². The molecule has 2 atom stereocenters. The van der Waals surface area contributed by atoms with Crippen LogP contribution < -0.4 is 0 Å². The Bertz CT molecular complexity index is 671. The Hall–Kier alpha value is -1.89. The minimum Gasteiger partial charge on any atom is -0.294 e. The van der Waals surface area contributed by atoms with E-state index in [1.165, 1.54) is 16.7 Å². The van der Waals surface area contributed by atoms with E-state index >= 15 is 0 Å². The zero-order chi connectivity index (χ0) is 13.5. The van der Waals surface area contributed by atoms with E-state index in [1.807, 2.05) is 18.2 Å². The van der Waals surface area contributed by atoms with Gasteiger partial charge in [-0.25, -0.2) is 0 Å². The number of hydrogen-bond donors (Lipinski definition) is 0. The summed E-state index contributed by atoms with van der Waals surface area (Å²) in [5.41, 5.74) is 5.15. The van der Waals surface area contributed by atoms with Crippen LogP contribution in [-0.4, -0.2) is 5.78 Å². The van der Waals surface area contributed by atoms with E-state index in [2.05, 4.69) is 30.3 Å². The number of hydrogen-bond acceptors (Lipinski definition) is 1. The highest BCUT2D eigenvalue weighted by Crippen LogP contribution is 2.41. The molecule has 4 rings (SSSR count). The van der Waals surface area contributed by atoms with Gasteiger partial charge in [-0.3, -0.25) is 4.79 Å². The fourth-order valence-corrected chi connectivity index (χ4v) is 3.80. The highest BCUT2D eigenvalue weighted by Gasteiger charge is 2.33. The molecule has 20 heavy (non-hydrogen) atoms. The lowest BCUT2D eigenvalue weighted by molar-refractivity contribution is 0.0886. The second-order valence-electron chi connectivity index (χ2n) is 6.09. The first-order chi connectivity index (χ1) is 9.83. The minimum absolute atomic E-state index is 0.225. The molecule has 0 amide bonds. The SMILES string of the molecule is O=C1c2ccccc2CCC1CC1Cc2ccccc21. The van der Waals surface area contributed by atoms with Crippen molar-refractivity contribution in [3.63, 3.8) is 0 Å². The maximum atomic E-state index is 12.6. The molecule has 0 fully saturated rings. The van der Waals surface area contributed by atoms with Crippen LogP contribution in [0.4, 0.5) is 0 Å². The summed E-state index contributed by atoms with van der Waals surface area (Å²) in [5.74, 6) is 1.20. The van der Waals surface area contributed by atoms with Crippen LogP contribution in [0.15, 0.2) is 48.5 Å². The Labute approximate surface area is 119 Å². The van der Waals surface area contributed by atoms with E-state index in [0.717, 1.165) is 31.2 Å². The molecule has 1 nitrogen and oxygen atoms in total. The second kappa shape index (κ2) is 4.59. The van der Waals surface area contributed by atoms with Crippen LogP contribution in [0.5, 0.6) is 0 Å². The summed E-state index contributed by atoms with van der Waals surface area (Å²) in [7, 11) is 0. The standard InChI is InChI=1S/C19H18O/c20-19-15(10-9-13-5-1-4-8-18(13)19)12-16-11-14-6-2-3-7-17(14)16/h1-8,15-16H,9-12H2. The predicted molar refractivity (Wildman–Crippen MR) is 80.1 cm³/mol. The Balaban J connectivity index is 1.54. The van der Waals surface area contributed by atoms with Crippen LogP contribution in [0, 0.1) is 5.92 Å². The van der Waals surface area contributed by atoms with Crippen molar-refractivity contribution < 1.29 is 4.79 Å². The Morgan fingerprint density at radius 1 is 0.900 bits per heavy atom. The van der Waals surface area contributed by atoms with Gasteiger partial charge in [-0.05, 0) is 48.3 Å². The Morgan fingerprint density at radius 2 is 1.65 bits per heavy atom. The van der Waals surface area contributed by atoms with Gasteiger partial charge in [-0.15, -0.1) is 0 Å². The van der Waals surface area contributed by atoms with Crippen LogP contribution in [0.25, 0.3) is 0 Å². The van der Waals surface area contributed by atoms with E-state index in [0.29, 0.717) is 11.7 Å². The number of Topliss-reactive ketones (excluding diaryl/α,β-unsaturated/α-hetero) is 1. The van der Waals surface area contributed by atoms with E-state index < -0.39 is 0 Å². The Kier molecular flexibility index (Phi) is 2.73. The number of carbonyl (C=O) groups is 1. The number of carbonyl (C=O) groups excluding carboxylic acids is 1. The number of aryl methyl sites for hydroxylation is 1. The van der Waals surface area contributed by atoms with Gasteiger partial charge in [0, 0.05) is 11.5 Å². The molecule has 0 bridgehead atoms. The number of rotatable bonds is 2. The number of ketones is 1. The smallest absolute Gasteiger partial charge is 0.166 e. The van der Waals surface area contributed by atoms with Gasteiger partial charge >= 0.3 is 0 Å². The molecule has 0 heterocycles. The molecule has 100 valence electrons. The van der Waals surface area contributed by atoms with Gasteiger partial charge in [-0.2, -0.15) is 0 Å². The topological polar surface area (TPSA) is 17.1 Å². The Morgan fingerprint density at radius 3 is 2.50 bits per heavy atom. The molecule has 2 aromatic rings. The fourth-order valence-electron chi connectivity index (χ4n) is 3.80. The average molecular weight is 262 g/mol. The first kappa shape index (κ1) is 11.9. The maximum absolute atomic E-state index is 12.6. The van der Waals surface area contributed by atoms with E-state index in [4.69, 9.17) is 0 Å². The summed E-state index contributed by atoms with van der Waals surface area (Å²) in [5, 5.41) is 0. The monoisotopic (exact) mass is 262 g/mol. The lowest BCUT2D eigenvalue weighted by atomic mass is 9.70. The van der Waals surface area contributed by atoms with Gasteiger partial charge < -0.3 is 0 Å². The van der Waals surface area contributed by atoms with Gasteiger partial charge in [-0.1, -0.05) is 48.5 Å². The summed E-state index contributed by atoms with van der Waals surface area (Å²) in [6, 6.07) is 16.8. The molecule has 1 heteroatoms. The van der Waals surface area contributed by atoms with E-state index in [1.54, 1.807) is 0 Å². The van der Waals surface area contributed by atoms with Crippen LogP contribution in [0.2, 0.25) is 0 Å². The minimum atomic E-state index is 0.225. The van der Waals surface area contributed by atoms with Crippen molar-refractivity contribution >= 4 is 5.78 Å². The molecule has 2 aliphatic rings. The molecule has 2 unspecified atom stereocenters. The number of benzene rings is 2. The summed E-state index contributed by atoms with van der Waals surface area (Å²) >= 11 is 0. The molecular weight excluding hydrogens is 244 g/mol. The van der Waals surface area contributed by atoms with Gasteiger partial charge in [0.25, 0.3) is 0 Å². The summed E-state index contributed by atoms with van der Waals surface area (Å²) in [6.45, 7) is 0. The average Bonchev–Trinajstić information content (AvgIpc) is 2.47. The second-order valence-corrected chi connectivity index (χ2v) is 6.09.